The zero-order valence-corrected chi connectivity index (χ0v) is 8.03. The summed E-state index contributed by atoms with van der Waals surface area (Å²) in [5, 5.41) is 0. The first-order valence-corrected chi connectivity index (χ1v) is 4.72. The smallest absolute Gasteiger partial charge is 0.210 e. The van der Waals surface area contributed by atoms with Gasteiger partial charge in [0.15, 0.2) is 24.2 Å². The van der Waals surface area contributed by atoms with E-state index < -0.39 is 0 Å². The lowest BCUT2D eigenvalue weighted by Gasteiger charge is -2.11. The molecule has 0 aromatic heterocycles. The third-order valence-electron chi connectivity index (χ3n) is 2.22. The Balaban J connectivity index is 2.31. The van der Waals surface area contributed by atoms with Gasteiger partial charge in [0.05, 0.1) is 0 Å². The van der Waals surface area contributed by atoms with E-state index in [1.165, 1.54) is 0 Å². The number of carbonyl (C=O) groups is 1. The van der Waals surface area contributed by atoms with Gasteiger partial charge in [0.25, 0.3) is 0 Å². The lowest BCUT2D eigenvalue weighted by atomic mass is 10.2. The first-order valence-electron chi connectivity index (χ1n) is 4.72. The number of carbonyl (C=O) groups excluding carboxylic acids is 1. The van der Waals surface area contributed by atoms with Crippen LogP contribution in [0.15, 0.2) is 24.3 Å². The summed E-state index contributed by atoms with van der Waals surface area (Å²) >= 11 is 0. The number of ether oxygens (including phenoxy) is 2. The van der Waals surface area contributed by atoms with Crippen LogP contribution < -0.4 is 9.47 Å². The number of hydrogen-bond donors (Lipinski definition) is 0. The summed E-state index contributed by atoms with van der Waals surface area (Å²) < 4.78 is 10.9. The van der Waals surface area contributed by atoms with Gasteiger partial charge in [-0.25, -0.2) is 0 Å². The van der Waals surface area contributed by atoms with Crippen LogP contribution in [-0.4, -0.2) is 18.5 Å². The summed E-state index contributed by atoms with van der Waals surface area (Å²) in [6.07, 6.45) is 0.315. The topological polar surface area (TPSA) is 35.5 Å². The van der Waals surface area contributed by atoms with Gasteiger partial charge in [0, 0.05) is 0 Å². The quantitative estimate of drug-likeness (QED) is 0.680. The molecule has 1 heterocycles. The second-order valence-corrected chi connectivity index (χ2v) is 3.22. The minimum Gasteiger partial charge on any atom is -0.482 e. The molecule has 0 N–H and O–H groups in total. The molecule has 0 aliphatic carbocycles. The molecule has 0 bridgehead atoms. The van der Waals surface area contributed by atoms with Crippen LogP contribution in [0.4, 0.5) is 0 Å². The van der Waals surface area contributed by atoms with Crippen molar-refractivity contribution in [3.8, 4) is 11.5 Å². The molecule has 1 atom stereocenters. The Kier molecular flexibility index (Phi) is 2.39. The van der Waals surface area contributed by atoms with Crippen LogP contribution in [0.2, 0.25) is 0 Å². The van der Waals surface area contributed by atoms with Crippen molar-refractivity contribution in [3.63, 3.8) is 0 Å². The van der Waals surface area contributed by atoms with Gasteiger partial charge in [0.2, 0.25) is 5.78 Å². The molecular weight excluding hydrogens is 180 g/mol. The number of rotatable bonds is 1. The first kappa shape index (κ1) is 9.06. The maximum absolute atomic E-state index is 11.5. The van der Waals surface area contributed by atoms with Gasteiger partial charge in [-0.05, 0) is 18.6 Å². The molecule has 1 aliphatic heterocycles. The molecular formula is C11H12O3. The van der Waals surface area contributed by atoms with E-state index in [1.807, 2.05) is 25.1 Å². The monoisotopic (exact) mass is 192 g/mol. The van der Waals surface area contributed by atoms with Crippen molar-refractivity contribution in [2.45, 2.75) is 19.4 Å². The fourth-order valence-electron chi connectivity index (χ4n) is 1.44. The fraction of sp³-hybridized carbons (Fsp3) is 0.364. The van der Waals surface area contributed by atoms with E-state index in [1.54, 1.807) is 6.07 Å². The molecule has 0 fully saturated rings. The van der Waals surface area contributed by atoms with E-state index in [0.29, 0.717) is 17.9 Å². The van der Waals surface area contributed by atoms with E-state index in [0.717, 1.165) is 0 Å². The molecule has 1 aromatic carbocycles. The van der Waals surface area contributed by atoms with Gasteiger partial charge in [-0.3, -0.25) is 4.79 Å². The molecule has 0 saturated carbocycles. The Hall–Kier alpha value is -1.51. The van der Waals surface area contributed by atoms with E-state index in [4.69, 9.17) is 9.47 Å². The normalized spacial score (nSPS) is 20.4. The van der Waals surface area contributed by atoms with Gasteiger partial charge >= 0.3 is 0 Å². The minimum absolute atomic E-state index is 0.00343. The largest absolute Gasteiger partial charge is 0.482 e. The molecule has 1 aliphatic rings. The Morgan fingerprint density at radius 3 is 2.79 bits per heavy atom. The number of para-hydroxylation sites is 2. The molecule has 2 rings (SSSR count). The Bertz CT molecular complexity index is 346. The molecule has 1 unspecified atom stereocenters. The van der Waals surface area contributed by atoms with Crippen molar-refractivity contribution in [3.05, 3.63) is 24.3 Å². The molecule has 0 saturated heterocycles. The number of Topliss-reactive ketones (excluding diaryl/α,β-unsaturated/α-hetero) is 1. The van der Waals surface area contributed by atoms with Crippen LogP contribution in [0.1, 0.15) is 13.3 Å². The van der Waals surface area contributed by atoms with Crippen LogP contribution in [0, 0.1) is 0 Å². The number of ketones is 1. The van der Waals surface area contributed by atoms with Crippen molar-refractivity contribution in [2.24, 2.45) is 0 Å². The van der Waals surface area contributed by atoms with E-state index in [-0.39, 0.29) is 18.5 Å². The highest BCUT2D eigenvalue weighted by atomic mass is 16.5. The SMILES string of the molecule is CCC1Oc2ccccc2OCC1=O. The molecule has 0 amide bonds. The Morgan fingerprint density at radius 1 is 1.36 bits per heavy atom. The van der Waals surface area contributed by atoms with E-state index in [2.05, 4.69) is 0 Å². The van der Waals surface area contributed by atoms with Gasteiger partial charge in [0.1, 0.15) is 0 Å². The standard InChI is InChI=1S/C11H12O3/c1-2-9-8(12)7-13-10-5-3-4-6-11(10)14-9/h3-6,9H,2,7H2,1H3. The van der Waals surface area contributed by atoms with Gasteiger partial charge in [-0.1, -0.05) is 19.1 Å². The lowest BCUT2D eigenvalue weighted by Crippen LogP contribution is -2.28. The van der Waals surface area contributed by atoms with Crippen LogP contribution in [0.5, 0.6) is 11.5 Å². The van der Waals surface area contributed by atoms with Crippen LogP contribution in [0.3, 0.4) is 0 Å². The minimum atomic E-state index is -0.362. The highest BCUT2D eigenvalue weighted by Crippen LogP contribution is 2.30. The second kappa shape index (κ2) is 3.70. The van der Waals surface area contributed by atoms with Crippen LogP contribution in [0.25, 0.3) is 0 Å². The number of fused-ring (bicyclic) bond motifs is 1. The molecule has 3 nitrogen and oxygen atoms in total. The summed E-state index contributed by atoms with van der Waals surface area (Å²) in [7, 11) is 0. The zero-order chi connectivity index (χ0) is 9.97. The molecule has 3 heteroatoms. The highest BCUT2D eigenvalue weighted by Gasteiger charge is 2.24. The van der Waals surface area contributed by atoms with Crippen molar-refractivity contribution in [1.82, 2.24) is 0 Å². The Morgan fingerprint density at radius 2 is 2.07 bits per heavy atom. The van der Waals surface area contributed by atoms with Gasteiger partial charge < -0.3 is 9.47 Å². The van der Waals surface area contributed by atoms with Gasteiger partial charge in [-0.15, -0.1) is 0 Å². The van der Waals surface area contributed by atoms with Crippen molar-refractivity contribution in [2.75, 3.05) is 6.61 Å². The lowest BCUT2D eigenvalue weighted by molar-refractivity contribution is -0.126. The van der Waals surface area contributed by atoms with E-state index >= 15 is 0 Å². The molecule has 74 valence electrons. The summed E-state index contributed by atoms with van der Waals surface area (Å²) in [6, 6.07) is 7.35. The Labute approximate surface area is 82.6 Å². The number of benzene rings is 1. The maximum Gasteiger partial charge on any atom is 0.210 e. The fourth-order valence-corrected chi connectivity index (χ4v) is 1.44. The predicted octanol–water partition coefficient (Wildman–Crippen LogP) is 1.81. The summed E-state index contributed by atoms with van der Waals surface area (Å²) in [5.74, 6) is 1.31. The molecule has 0 spiro atoms. The van der Waals surface area contributed by atoms with Crippen LogP contribution >= 0.6 is 0 Å². The van der Waals surface area contributed by atoms with Crippen LogP contribution in [-0.2, 0) is 4.79 Å². The third-order valence-corrected chi connectivity index (χ3v) is 2.22. The highest BCUT2D eigenvalue weighted by molar-refractivity contribution is 5.85. The number of hydrogen-bond acceptors (Lipinski definition) is 3. The molecule has 14 heavy (non-hydrogen) atoms. The third kappa shape index (κ3) is 1.58. The average Bonchev–Trinajstić information content (AvgIpc) is 2.38. The van der Waals surface area contributed by atoms with Crippen molar-refractivity contribution < 1.29 is 14.3 Å². The summed E-state index contributed by atoms with van der Waals surface area (Å²) in [5.41, 5.74) is 0. The predicted molar refractivity (Wildman–Crippen MR) is 51.7 cm³/mol. The van der Waals surface area contributed by atoms with Crippen molar-refractivity contribution >= 4 is 5.78 Å². The second-order valence-electron chi connectivity index (χ2n) is 3.22. The van der Waals surface area contributed by atoms with Crippen molar-refractivity contribution in [1.29, 1.82) is 0 Å². The first-order chi connectivity index (χ1) is 6.81. The molecule has 1 aromatic rings. The van der Waals surface area contributed by atoms with E-state index in [9.17, 15) is 4.79 Å². The van der Waals surface area contributed by atoms with Gasteiger partial charge in [-0.2, -0.15) is 0 Å². The zero-order valence-electron chi connectivity index (χ0n) is 8.03. The maximum atomic E-state index is 11.5. The average molecular weight is 192 g/mol. The molecule has 0 radical (unpaired) electrons. The summed E-state index contributed by atoms with van der Waals surface area (Å²) in [4.78, 5) is 11.5. The summed E-state index contributed by atoms with van der Waals surface area (Å²) in [6.45, 7) is 2.03.